The van der Waals surface area contributed by atoms with Gasteiger partial charge in [0.2, 0.25) is 0 Å². The van der Waals surface area contributed by atoms with Crippen LogP contribution in [0.25, 0.3) is 28.5 Å². The summed E-state index contributed by atoms with van der Waals surface area (Å²) in [5.74, 6) is 2.14. The highest BCUT2D eigenvalue weighted by atomic mass is 16.5. The third kappa shape index (κ3) is 3.10. The first kappa shape index (κ1) is 19.2. The third-order valence-corrected chi connectivity index (χ3v) is 5.88. The number of hydrogen-bond acceptors (Lipinski definition) is 8. The quantitative estimate of drug-likeness (QED) is 0.402. The van der Waals surface area contributed by atoms with Crippen molar-refractivity contribution in [3.05, 3.63) is 47.8 Å². The van der Waals surface area contributed by atoms with Crippen LogP contribution in [-0.2, 0) is 29.0 Å². The predicted molar refractivity (Wildman–Crippen MR) is 112 cm³/mol. The molecule has 0 atom stereocenters. The van der Waals surface area contributed by atoms with E-state index in [-0.39, 0.29) is 6.61 Å². The number of benzene rings is 1. The minimum absolute atomic E-state index is 0.282. The van der Waals surface area contributed by atoms with E-state index in [1.54, 1.807) is 20.5 Å². The minimum Gasteiger partial charge on any atom is -0.497 e. The molecule has 2 aliphatic rings. The maximum absolute atomic E-state index is 5.50. The van der Waals surface area contributed by atoms with E-state index in [2.05, 4.69) is 25.9 Å². The van der Waals surface area contributed by atoms with Gasteiger partial charge in [-0.15, -0.1) is 0 Å². The lowest BCUT2D eigenvalue weighted by Gasteiger charge is -2.25. The maximum atomic E-state index is 5.50. The summed E-state index contributed by atoms with van der Waals surface area (Å²) in [7, 11) is 3.27. The van der Waals surface area contributed by atoms with Crippen molar-refractivity contribution in [2.24, 2.45) is 5.92 Å². The molecule has 6 rings (SSSR count). The van der Waals surface area contributed by atoms with Gasteiger partial charge in [0.1, 0.15) is 18.7 Å². The first-order valence-electron chi connectivity index (χ1n) is 10.4. The van der Waals surface area contributed by atoms with Crippen LogP contribution in [0.3, 0.4) is 0 Å². The molecule has 0 N–H and O–H groups in total. The molecule has 32 heavy (non-hydrogen) atoms. The van der Waals surface area contributed by atoms with Gasteiger partial charge in [-0.25, -0.2) is 4.98 Å². The largest absolute Gasteiger partial charge is 0.497 e. The van der Waals surface area contributed by atoms with Crippen molar-refractivity contribution in [3.8, 4) is 34.3 Å². The number of methoxy groups -OCH3 is 2. The van der Waals surface area contributed by atoms with Gasteiger partial charge >= 0.3 is 0 Å². The van der Waals surface area contributed by atoms with Gasteiger partial charge in [-0.3, -0.25) is 4.68 Å². The molecule has 0 unspecified atom stereocenters. The fraction of sp³-hybridized carbons (Fsp3) is 0.364. The summed E-state index contributed by atoms with van der Waals surface area (Å²) < 4.78 is 25.5. The maximum Gasteiger partial charge on any atom is 0.278 e. The van der Waals surface area contributed by atoms with Crippen LogP contribution in [-0.4, -0.2) is 56.9 Å². The molecule has 2 aliphatic heterocycles. The first-order valence-corrected chi connectivity index (χ1v) is 10.4. The van der Waals surface area contributed by atoms with Crippen molar-refractivity contribution in [3.63, 3.8) is 0 Å². The summed E-state index contributed by atoms with van der Waals surface area (Å²) in [6.45, 7) is 2.69. The van der Waals surface area contributed by atoms with E-state index in [0.717, 1.165) is 53.7 Å². The second-order valence-electron chi connectivity index (χ2n) is 8.05. The molecule has 3 aromatic heterocycles. The van der Waals surface area contributed by atoms with E-state index in [4.69, 9.17) is 23.8 Å². The van der Waals surface area contributed by atoms with Crippen LogP contribution < -0.4 is 4.74 Å². The Balaban J connectivity index is 1.48. The highest BCUT2D eigenvalue weighted by Gasteiger charge is 2.28. The zero-order valence-corrected chi connectivity index (χ0v) is 17.8. The molecule has 5 heterocycles. The summed E-state index contributed by atoms with van der Waals surface area (Å²) in [4.78, 5) is 9.08. The van der Waals surface area contributed by atoms with Crippen molar-refractivity contribution in [2.45, 2.75) is 19.6 Å². The van der Waals surface area contributed by atoms with Gasteiger partial charge in [-0.05, 0) is 18.2 Å². The van der Waals surface area contributed by atoms with E-state index in [9.17, 15) is 0 Å². The summed E-state index contributed by atoms with van der Waals surface area (Å²) in [5, 5.41) is 8.94. The van der Waals surface area contributed by atoms with Crippen LogP contribution in [0, 0.1) is 5.92 Å². The average molecular weight is 434 g/mol. The van der Waals surface area contributed by atoms with E-state index in [0.29, 0.717) is 29.7 Å². The Bertz CT molecular complexity index is 1290. The summed E-state index contributed by atoms with van der Waals surface area (Å²) >= 11 is 0. The van der Waals surface area contributed by atoms with Gasteiger partial charge in [0.05, 0.1) is 37.4 Å². The molecule has 0 radical (unpaired) electrons. The van der Waals surface area contributed by atoms with Crippen LogP contribution in [0.2, 0.25) is 0 Å². The first-order chi connectivity index (χ1) is 15.7. The minimum atomic E-state index is 0.282. The fourth-order valence-corrected chi connectivity index (χ4v) is 4.26. The van der Waals surface area contributed by atoms with Crippen molar-refractivity contribution in [2.75, 3.05) is 27.4 Å². The molecule has 0 aliphatic carbocycles. The number of fused-ring (bicyclic) bond motifs is 5. The van der Waals surface area contributed by atoms with E-state index in [1.807, 2.05) is 22.9 Å². The Morgan fingerprint density at radius 2 is 2.09 bits per heavy atom. The molecule has 1 aromatic carbocycles. The SMILES string of the molecule is COCc1noc(-c2ncn3c2Cc2cn(CC4COC4)nc2-c2cc(OC)ccc2-3)n1. The van der Waals surface area contributed by atoms with E-state index < -0.39 is 0 Å². The molecule has 10 nitrogen and oxygen atoms in total. The van der Waals surface area contributed by atoms with Gasteiger partial charge in [0.15, 0.2) is 11.5 Å². The molecule has 1 fully saturated rings. The zero-order valence-electron chi connectivity index (χ0n) is 17.8. The Morgan fingerprint density at radius 1 is 1.19 bits per heavy atom. The highest BCUT2D eigenvalue weighted by Crippen LogP contribution is 2.39. The second-order valence-corrected chi connectivity index (χ2v) is 8.05. The Hall–Kier alpha value is -3.50. The Labute approximate surface area is 183 Å². The molecule has 4 aromatic rings. The van der Waals surface area contributed by atoms with E-state index >= 15 is 0 Å². The average Bonchev–Trinajstić information content (AvgIpc) is 3.48. The van der Waals surface area contributed by atoms with Gasteiger partial charge in [-0.2, -0.15) is 10.1 Å². The van der Waals surface area contributed by atoms with Crippen LogP contribution in [0.4, 0.5) is 0 Å². The van der Waals surface area contributed by atoms with Crippen LogP contribution >= 0.6 is 0 Å². The van der Waals surface area contributed by atoms with Gasteiger partial charge in [-0.1, -0.05) is 5.16 Å². The number of nitrogens with zero attached hydrogens (tertiary/aromatic N) is 6. The molecule has 1 saturated heterocycles. The lowest BCUT2D eigenvalue weighted by molar-refractivity contribution is -0.0408. The molecule has 164 valence electrons. The summed E-state index contributed by atoms with van der Waals surface area (Å²) in [5.41, 5.74) is 5.66. The van der Waals surface area contributed by atoms with Crippen molar-refractivity contribution >= 4 is 0 Å². The molecular weight excluding hydrogens is 412 g/mol. The summed E-state index contributed by atoms with van der Waals surface area (Å²) in [6.07, 6.45) is 4.54. The van der Waals surface area contributed by atoms with Crippen molar-refractivity contribution in [1.82, 2.24) is 29.5 Å². The molecular formula is C22H22N6O4. The molecule has 0 spiro atoms. The van der Waals surface area contributed by atoms with Crippen LogP contribution in [0.1, 0.15) is 17.1 Å². The standard InChI is InChI=1S/C22H22N6O4/c1-29-11-19-24-22(32-26-19)21-18-5-14-8-27(7-13-9-31-10-13)25-20(14)16-6-15(30-2)3-4-17(16)28(18)12-23-21/h3-4,6,8,12-13H,5,7,9-11H2,1-2H3. The number of rotatable bonds is 6. The second kappa shape index (κ2) is 7.57. The number of imidazole rings is 1. The molecule has 0 amide bonds. The number of hydrogen-bond donors (Lipinski definition) is 0. The van der Waals surface area contributed by atoms with Crippen LogP contribution in [0.15, 0.2) is 35.2 Å². The fourth-order valence-electron chi connectivity index (χ4n) is 4.26. The smallest absolute Gasteiger partial charge is 0.278 e. The van der Waals surface area contributed by atoms with Gasteiger partial charge in [0.25, 0.3) is 5.89 Å². The number of aromatic nitrogens is 6. The normalized spacial score (nSPS) is 14.9. The predicted octanol–water partition coefficient (Wildman–Crippen LogP) is 2.49. The Morgan fingerprint density at radius 3 is 2.88 bits per heavy atom. The number of ether oxygens (including phenoxy) is 3. The molecule has 10 heteroatoms. The van der Waals surface area contributed by atoms with Gasteiger partial charge in [0, 0.05) is 43.3 Å². The van der Waals surface area contributed by atoms with Crippen LogP contribution in [0.5, 0.6) is 5.75 Å². The molecule has 0 bridgehead atoms. The molecule has 0 saturated carbocycles. The van der Waals surface area contributed by atoms with Crippen molar-refractivity contribution in [1.29, 1.82) is 0 Å². The monoisotopic (exact) mass is 434 g/mol. The lowest BCUT2D eigenvalue weighted by Crippen LogP contribution is -2.31. The van der Waals surface area contributed by atoms with E-state index in [1.165, 1.54) is 0 Å². The van der Waals surface area contributed by atoms with Crippen molar-refractivity contribution < 1.29 is 18.7 Å². The third-order valence-electron chi connectivity index (χ3n) is 5.88. The topological polar surface area (TPSA) is 102 Å². The highest BCUT2D eigenvalue weighted by molar-refractivity contribution is 5.77. The summed E-state index contributed by atoms with van der Waals surface area (Å²) in [6, 6.07) is 6.00. The van der Waals surface area contributed by atoms with Gasteiger partial charge < -0.3 is 23.3 Å². The zero-order chi connectivity index (χ0) is 21.7. The Kier molecular flexibility index (Phi) is 4.54. The lowest BCUT2D eigenvalue weighted by atomic mass is 10.0.